The predicted octanol–water partition coefficient (Wildman–Crippen LogP) is 25.6. The summed E-state index contributed by atoms with van der Waals surface area (Å²) in [7, 11) is -12.1. The van der Waals surface area contributed by atoms with Crippen LogP contribution in [0.3, 0.4) is 0 Å². The molecule has 0 aromatic heterocycles. The molecule has 0 aliphatic carbocycles. The summed E-state index contributed by atoms with van der Waals surface area (Å²) in [6.07, 6.45) is 33.9. The van der Waals surface area contributed by atoms with Crippen molar-refractivity contribution in [3.05, 3.63) is 215 Å². The fraction of sp³-hybridized carbons (Fsp3) is 0.626. The van der Waals surface area contributed by atoms with Crippen molar-refractivity contribution in [3.8, 4) is 0 Å². The summed E-state index contributed by atoms with van der Waals surface area (Å²) in [5, 5.41) is 0. The molecular formula is C91H203N11Si14. The third-order valence-electron chi connectivity index (χ3n) is 20.5. The molecule has 0 aromatic rings. The lowest BCUT2D eigenvalue weighted by Crippen LogP contribution is -2.69. The van der Waals surface area contributed by atoms with E-state index in [1.54, 1.807) is 0 Å². The van der Waals surface area contributed by atoms with E-state index in [1.807, 2.05) is 93.1 Å². The van der Waals surface area contributed by atoms with Gasteiger partial charge >= 0.3 is 0 Å². The van der Waals surface area contributed by atoms with Crippen LogP contribution in [0, 0.1) is 0 Å². The lowest BCUT2D eigenvalue weighted by Gasteiger charge is -2.52. The normalized spacial score (nSPS) is 13.9. The van der Waals surface area contributed by atoms with Crippen LogP contribution < -0.4 is 0 Å². The van der Waals surface area contributed by atoms with Crippen LogP contribution in [0.5, 0.6) is 0 Å². The Morgan fingerprint density at radius 1 is 0.302 bits per heavy atom. The van der Waals surface area contributed by atoms with E-state index in [0.29, 0.717) is 6.04 Å². The van der Waals surface area contributed by atoms with Gasteiger partial charge < -0.3 is 48.5 Å². The van der Waals surface area contributed by atoms with Crippen molar-refractivity contribution in [2.45, 2.75) is 266 Å². The first-order valence-electron chi connectivity index (χ1n) is 43.3. The van der Waals surface area contributed by atoms with Crippen LogP contribution in [0.25, 0.3) is 0 Å². The van der Waals surface area contributed by atoms with Crippen LogP contribution in [-0.4, -0.2) is 277 Å². The summed E-state index contributed by atoms with van der Waals surface area (Å²) in [5.41, 5.74) is 0. The topological polar surface area (TPSA) is 35.6 Å². The Morgan fingerprint density at radius 3 is 0.681 bits per heavy atom. The molecule has 0 spiro atoms. The maximum absolute atomic E-state index is 3.93. The highest BCUT2D eigenvalue weighted by molar-refractivity contribution is 7.04. The Morgan fingerprint density at radius 2 is 0.534 bits per heavy atom. The summed E-state index contributed by atoms with van der Waals surface area (Å²) in [6.45, 7) is 163. The lowest BCUT2D eigenvalue weighted by molar-refractivity contribution is 0.401. The van der Waals surface area contributed by atoms with E-state index < -0.39 is 117 Å². The number of allylic oxidation sites excluding steroid dienone is 3. The van der Waals surface area contributed by atoms with Crippen molar-refractivity contribution in [1.29, 1.82) is 0 Å². The van der Waals surface area contributed by atoms with Gasteiger partial charge in [0.05, 0.1) is 17.9 Å². The molecule has 25 heteroatoms. The smallest absolute Gasteiger partial charge is 0.201 e. The second-order valence-electron chi connectivity index (χ2n) is 40.6. The van der Waals surface area contributed by atoms with Crippen molar-refractivity contribution in [2.75, 3.05) is 106 Å². The molecule has 11 nitrogen and oxygen atoms in total. The number of hydrogen-bond acceptors (Lipinski definition) is 11. The molecule has 1 aliphatic heterocycles. The van der Waals surface area contributed by atoms with Gasteiger partial charge in [-0.1, -0.05) is 307 Å². The van der Waals surface area contributed by atoms with Gasteiger partial charge in [-0.2, -0.15) is 0 Å². The lowest BCUT2D eigenvalue weighted by atomic mass is 10.4. The second kappa shape index (κ2) is 64.9. The molecule has 0 amide bonds. The van der Waals surface area contributed by atoms with Crippen molar-refractivity contribution in [2.24, 2.45) is 0 Å². The van der Waals surface area contributed by atoms with Gasteiger partial charge in [0.2, 0.25) is 16.8 Å². The van der Waals surface area contributed by atoms with Gasteiger partial charge in [0.15, 0.2) is 0 Å². The first-order chi connectivity index (χ1) is 52.7. The molecule has 0 aromatic carbocycles. The highest BCUT2D eigenvalue weighted by Gasteiger charge is 2.47. The van der Waals surface area contributed by atoms with Crippen molar-refractivity contribution in [1.82, 2.24) is 48.5 Å². The van der Waals surface area contributed by atoms with Gasteiger partial charge in [-0.3, -0.25) is 0 Å². The third kappa shape index (κ3) is 57.6. The maximum Gasteiger partial charge on any atom is 0.201 e. The van der Waals surface area contributed by atoms with E-state index in [2.05, 4.69) is 415 Å². The third-order valence-corrected chi connectivity index (χ3v) is 81.7. The van der Waals surface area contributed by atoms with Gasteiger partial charge in [0.25, 0.3) is 0 Å². The molecular weight excluding hydrogens is 1640 g/mol. The molecule has 1 saturated heterocycles. The SMILES string of the molecule is C=CCN(C)C.C=CCN(CC=C)[Si](C)(C)C.C=CCN(CC=C)[Si](C)(C)N(CC=C)CC=C.C=CCN(CC=C)[Si](C)(C)N(CC=C)CC=C.C=CCN([SiH](C)C)[SiH](C)C.C=CCN([Si](C)(C)C)[Si](C)(C)C.C=CCN1[Si](C)(C)CC[Si]1(C)C.C=CC[Si](C)(C)N(C(C)C)[Si](C)(C)CC=C.C=CC[Si](C)(C)N([Si](C)(C)C)[Si](C)(C)C. The number of likely N-dealkylation sites (N-methyl/N-ethyl adjacent to an activating group) is 1. The Bertz CT molecular complexity index is 2520. The van der Waals surface area contributed by atoms with Gasteiger partial charge in [-0.15, -0.1) is 112 Å². The molecule has 678 valence electrons. The fourth-order valence-corrected chi connectivity index (χ4v) is 88.2. The van der Waals surface area contributed by atoms with Crippen LogP contribution in [0.15, 0.2) is 215 Å². The second-order valence-corrected chi connectivity index (χ2v) is 105. The average molecular weight is 1840 g/mol. The van der Waals surface area contributed by atoms with E-state index in [4.69, 9.17) is 0 Å². The van der Waals surface area contributed by atoms with Crippen LogP contribution >= 0.6 is 0 Å². The highest BCUT2D eigenvalue weighted by atomic mass is 28.5. The molecule has 0 atom stereocenters. The molecule has 1 rings (SSSR count). The molecule has 1 heterocycles. The van der Waals surface area contributed by atoms with Crippen molar-refractivity contribution < 1.29 is 0 Å². The van der Waals surface area contributed by atoms with Crippen LogP contribution in [-0.2, 0) is 0 Å². The number of hydrogen-bond donors (Lipinski definition) is 0. The zero-order valence-corrected chi connectivity index (χ0v) is 99.2. The van der Waals surface area contributed by atoms with Crippen LogP contribution in [0.1, 0.15) is 13.8 Å². The standard InChI is InChI=1S/2C14H26N2Si.C13H29NSi2.C11H29NSi3.C9H21NSi2.C9H23NSi2.C9H19NSi.C7H19NSi2.C5H11N/c2*1-7-11-15(12-8-2)17(5,6)16(13-9-3)14-10-4;1-9-11-15(5,6)14(13(3)4)16(7,8)12-10-2;1-10-11-15(8,9)12(13(2,3)4)14(5,6)7;1-6-7-10-11(2,3)8-9-12(10,4)5;1-8-9-10(11(2,3)4)12(5,6)7;1-6-8-10(9-7-2)11(3,4)5;1-6-7-8(9(2)3)10(4)5;1-4-5-6(2)3/h2*7-10H,1-4,11-14H2,5-6H3;9-10,13H,1-2,11-12H2,3-8H3;10H,1,11H2,2-9H3;6H,1,7-9H2,2-5H3;8H,1,9H2,2-7H3;6-7H,1-2,8-9H2,3-5H3;6,9-10H,1,7H2,2-5H3;4H,1,5H2,2-3H3. The van der Waals surface area contributed by atoms with Gasteiger partial charge in [-0.05, 0) is 76.5 Å². The Labute approximate surface area is 746 Å². The monoisotopic (exact) mass is 1840 g/mol. The summed E-state index contributed by atoms with van der Waals surface area (Å²) in [4.78, 5) is 2.06. The quantitative estimate of drug-likeness (QED) is 0.0432. The maximum atomic E-state index is 3.93. The molecule has 116 heavy (non-hydrogen) atoms. The van der Waals surface area contributed by atoms with E-state index in [-0.39, 0.29) is 0 Å². The minimum atomic E-state index is -1.66. The number of nitrogens with zero attached hydrogens (tertiary/aromatic N) is 11. The Balaban J connectivity index is -0.000000191. The Kier molecular flexibility index (Phi) is 72.5. The predicted molar refractivity (Wildman–Crippen MR) is 590 cm³/mol. The van der Waals surface area contributed by atoms with Crippen molar-refractivity contribution in [3.63, 3.8) is 0 Å². The van der Waals surface area contributed by atoms with E-state index in [1.165, 1.54) is 30.2 Å². The van der Waals surface area contributed by atoms with Gasteiger partial charge in [0.1, 0.15) is 82.4 Å². The summed E-state index contributed by atoms with van der Waals surface area (Å²) >= 11 is 0. The first kappa shape index (κ1) is 130. The molecule has 0 bridgehead atoms. The van der Waals surface area contributed by atoms with Crippen LogP contribution in [0.2, 0.25) is 246 Å². The zero-order chi connectivity index (χ0) is 93.5. The largest absolute Gasteiger partial charge is 0.368 e. The minimum Gasteiger partial charge on any atom is -0.368 e. The molecule has 1 aliphatic rings. The summed E-state index contributed by atoms with van der Waals surface area (Å²) in [6, 6.07) is 7.22. The van der Waals surface area contributed by atoms with E-state index in [0.717, 1.165) is 91.6 Å². The molecule has 0 unspecified atom stereocenters. The fourth-order valence-electron chi connectivity index (χ4n) is 16.5. The van der Waals surface area contributed by atoms with Gasteiger partial charge in [0, 0.05) is 91.6 Å². The highest BCUT2D eigenvalue weighted by Crippen LogP contribution is 2.37. The molecule has 1 fully saturated rings. The average Bonchev–Trinajstić information content (AvgIpc) is 1.37. The molecule has 0 saturated carbocycles. The van der Waals surface area contributed by atoms with Crippen LogP contribution in [0.4, 0.5) is 0 Å². The zero-order valence-electron chi connectivity index (χ0n) is 84.9. The number of rotatable bonds is 49. The minimum absolute atomic E-state index is 0.537. The Hall–Kier alpha value is -1.82. The van der Waals surface area contributed by atoms with E-state index >= 15 is 0 Å². The van der Waals surface area contributed by atoms with Crippen molar-refractivity contribution >= 4 is 117 Å². The summed E-state index contributed by atoms with van der Waals surface area (Å²) < 4.78 is 26.3. The summed E-state index contributed by atoms with van der Waals surface area (Å²) in [5.74, 6) is 0. The van der Waals surface area contributed by atoms with Gasteiger partial charge in [-0.25, -0.2) is 0 Å². The van der Waals surface area contributed by atoms with E-state index in [9.17, 15) is 0 Å². The first-order valence-corrected chi connectivity index (χ1v) is 87.8. The molecule has 0 radical (unpaired) electrons. The molecule has 0 N–H and O–H groups in total.